The van der Waals surface area contributed by atoms with Gasteiger partial charge in [-0.25, -0.2) is 12.8 Å². The first-order valence-corrected chi connectivity index (χ1v) is 11.6. The summed E-state index contributed by atoms with van der Waals surface area (Å²) in [5.41, 5.74) is 2.17. The number of nitrogens with one attached hydrogen (secondary N) is 1. The Kier molecular flexibility index (Phi) is 6.09. The minimum absolute atomic E-state index is 0.0852. The highest BCUT2D eigenvalue weighted by atomic mass is 35.5. The topological polar surface area (TPSA) is 66.5 Å². The van der Waals surface area contributed by atoms with Crippen LogP contribution in [0, 0.1) is 5.82 Å². The van der Waals surface area contributed by atoms with Gasteiger partial charge in [-0.15, -0.1) is 0 Å². The van der Waals surface area contributed by atoms with Crippen LogP contribution in [-0.4, -0.2) is 25.2 Å². The van der Waals surface area contributed by atoms with Crippen LogP contribution in [0.5, 0.6) is 0 Å². The number of fused-ring (bicyclic) bond motifs is 1. The van der Waals surface area contributed by atoms with E-state index in [0.717, 1.165) is 11.1 Å². The lowest BCUT2D eigenvalue weighted by Gasteiger charge is -2.36. The highest BCUT2D eigenvalue weighted by Crippen LogP contribution is 2.36. The molecule has 31 heavy (non-hydrogen) atoms. The van der Waals surface area contributed by atoms with Crippen molar-refractivity contribution in [3.8, 4) is 0 Å². The number of hydrogen-bond acceptors (Lipinski definition) is 3. The van der Waals surface area contributed by atoms with E-state index in [2.05, 4.69) is 5.32 Å². The summed E-state index contributed by atoms with van der Waals surface area (Å²) in [4.78, 5) is 13.0. The summed E-state index contributed by atoms with van der Waals surface area (Å²) in [6.07, 6.45) is 0.478. The molecule has 1 heterocycles. The van der Waals surface area contributed by atoms with Crippen LogP contribution in [0.4, 0.5) is 10.1 Å². The summed E-state index contributed by atoms with van der Waals surface area (Å²) < 4.78 is 41.5. The van der Waals surface area contributed by atoms with Gasteiger partial charge in [-0.1, -0.05) is 54.1 Å². The van der Waals surface area contributed by atoms with Crippen LogP contribution in [0.1, 0.15) is 23.6 Å². The van der Waals surface area contributed by atoms with Crippen molar-refractivity contribution in [2.45, 2.75) is 23.8 Å². The maximum atomic E-state index is 13.4. The Labute approximate surface area is 185 Å². The molecule has 1 N–H and O–H groups in total. The number of hydrogen-bond donors (Lipinski definition) is 1. The molecule has 0 radical (unpaired) electrons. The van der Waals surface area contributed by atoms with Crippen molar-refractivity contribution in [1.29, 1.82) is 0 Å². The van der Waals surface area contributed by atoms with Gasteiger partial charge in [0, 0.05) is 18.7 Å². The Balaban J connectivity index is 1.65. The Hall–Kier alpha value is -2.74. The molecule has 4 rings (SSSR count). The van der Waals surface area contributed by atoms with E-state index in [4.69, 9.17) is 11.6 Å². The lowest BCUT2D eigenvalue weighted by Crippen LogP contribution is -2.41. The Bertz CT molecular complexity index is 1220. The maximum Gasteiger partial charge on any atom is 0.243 e. The van der Waals surface area contributed by atoms with Crippen molar-refractivity contribution < 1.29 is 17.6 Å². The molecule has 0 aromatic heterocycles. The smallest absolute Gasteiger partial charge is 0.243 e. The first-order valence-electron chi connectivity index (χ1n) is 9.76. The lowest BCUT2D eigenvalue weighted by atomic mass is 9.92. The largest absolute Gasteiger partial charge is 0.326 e. The zero-order valence-corrected chi connectivity index (χ0v) is 18.0. The Morgan fingerprint density at radius 1 is 1.06 bits per heavy atom. The summed E-state index contributed by atoms with van der Waals surface area (Å²) in [6.45, 7) is 0.272. The SMILES string of the molecule is O=C(C[C@@H]1c2ccccc2CCN1S(=O)(=O)c1ccccc1)Nc1ccc(F)c(Cl)c1. The number of carbonyl (C=O) groups is 1. The molecule has 1 amide bonds. The van der Waals surface area contributed by atoms with Gasteiger partial charge >= 0.3 is 0 Å². The summed E-state index contributed by atoms with van der Waals surface area (Å²) >= 11 is 5.79. The molecule has 160 valence electrons. The zero-order chi connectivity index (χ0) is 22.0. The molecule has 0 fully saturated rings. The highest BCUT2D eigenvalue weighted by Gasteiger charge is 2.37. The highest BCUT2D eigenvalue weighted by molar-refractivity contribution is 7.89. The number of benzene rings is 3. The molecule has 0 bridgehead atoms. The number of rotatable bonds is 5. The molecule has 5 nitrogen and oxygen atoms in total. The third kappa shape index (κ3) is 4.49. The Morgan fingerprint density at radius 2 is 1.77 bits per heavy atom. The number of anilines is 1. The van der Waals surface area contributed by atoms with Gasteiger partial charge in [-0.2, -0.15) is 4.31 Å². The first kappa shape index (κ1) is 21.5. The predicted molar refractivity (Wildman–Crippen MR) is 118 cm³/mol. The van der Waals surface area contributed by atoms with Crippen LogP contribution in [0.25, 0.3) is 0 Å². The number of nitrogens with zero attached hydrogens (tertiary/aromatic N) is 1. The third-order valence-corrected chi connectivity index (χ3v) is 7.51. The quantitative estimate of drug-likeness (QED) is 0.597. The van der Waals surface area contributed by atoms with Gasteiger partial charge in [0.2, 0.25) is 15.9 Å². The van der Waals surface area contributed by atoms with Crippen molar-refractivity contribution >= 4 is 33.2 Å². The summed E-state index contributed by atoms with van der Waals surface area (Å²) in [5, 5.41) is 2.59. The molecule has 0 spiro atoms. The van der Waals surface area contributed by atoms with Crippen molar-refractivity contribution in [2.75, 3.05) is 11.9 Å². The molecule has 0 unspecified atom stereocenters. The van der Waals surface area contributed by atoms with E-state index in [1.165, 1.54) is 22.5 Å². The van der Waals surface area contributed by atoms with Crippen molar-refractivity contribution in [3.05, 3.63) is 94.8 Å². The van der Waals surface area contributed by atoms with Crippen molar-refractivity contribution in [2.24, 2.45) is 0 Å². The van der Waals surface area contributed by atoms with Crippen LogP contribution in [0.3, 0.4) is 0 Å². The van der Waals surface area contributed by atoms with Crippen LogP contribution in [0.15, 0.2) is 77.7 Å². The van der Waals surface area contributed by atoms with Crippen LogP contribution in [0.2, 0.25) is 5.02 Å². The van der Waals surface area contributed by atoms with Crippen LogP contribution in [-0.2, 0) is 21.2 Å². The Morgan fingerprint density at radius 3 is 2.52 bits per heavy atom. The number of carbonyl (C=O) groups excluding carboxylic acids is 1. The minimum Gasteiger partial charge on any atom is -0.326 e. The van der Waals surface area contributed by atoms with E-state index in [1.54, 1.807) is 30.3 Å². The second-order valence-corrected chi connectivity index (χ2v) is 9.57. The van der Waals surface area contributed by atoms with E-state index in [0.29, 0.717) is 12.1 Å². The minimum atomic E-state index is -3.80. The van der Waals surface area contributed by atoms with E-state index in [9.17, 15) is 17.6 Å². The van der Waals surface area contributed by atoms with Gasteiger partial charge in [0.15, 0.2) is 0 Å². The number of amides is 1. The van der Waals surface area contributed by atoms with Crippen LogP contribution >= 0.6 is 11.6 Å². The molecule has 1 atom stereocenters. The molecule has 0 saturated heterocycles. The van der Waals surface area contributed by atoms with Crippen molar-refractivity contribution in [1.82, 2.24) is 4.31 Å². The van der Waals surface area contributed by atoms with Gasteiger partial charge in [-0.05, 0) is 47.9 Å². The fourth-order valence-corrected chi connectivity index (χ4v) is 5.62. The van der Waals surface area contributed by atoms with Gasteiger partial charge in [0.25, 0.3) is 0 Å². The number of sulfonamides is 1. The summed E-state index contributed by atoms with van der Waals surface area (Å²) in [7, 11) is -3.80. The summed E-state index contributed by atoms with van der Waals surface area (Å²) in [6, 6.07) is 19.0. The average Bonchev–Trinajstić information content (AvgIpc) is 2.77. The molecule has 1 aliphatic heterocycles. The third-order valence-electron chi connectivity index (χ3n) is 5.30. The molecular formula is C23H20ClFN2O3S. The molecule has 3 aromatic rings. The molecule has 1 aliphatic rings. The molecule has 0 saturated carbocycles. The van der Waals surface area contributed by atoms with E-state index in [1.807, 2.05) is 24.3 Å². The van der Waals surface area contributed by atoms with E-state index < -0.39 is 27.8 Å². The predicted octanol–water partition coefficient (Wildman–Crippen LogP) is 4.80. The molecule has 3 aromatic carbocycles. The monoisotopic (exact) mass is 458 g/mol. The second-order valence-electron chi connectivity index (χ2n) is 7.27. The lowest BCUT2D eigenvalue weighted by molar-refractivity contribution is -0.117. The van der Waals surface area contributed by atoms with E-state index in [-0.39, 0.29) is 22.9 Å². The maximum absolute atomic E-state index is 13.4. The van der Waals surface area contributed by atoms with Gasteiger partial charge in [-0.3, -0.25) is 4.79 Å². The fraction of sp³-hybridized carbons (Fsp3) is 0.174. The first-order chi connectivity index (χ1) is 14.9. The number of halogens is 2. The molecular weight excluding hydrogens is 439 g/mol. The average molecular weight is 459 g/mol. The summed E-state index contributed by atoms with van der Waals surface area (Å²) in [5.74, 6) is -0.973. The van der Waals surface area contributed by atoms with Crippen LogP contribution < -0.4 is 5.32 Å². The van der Waals surface area contributed by atoms with Crippen molar-refractivity contribution in [3.63, 3.8) is 0 Å². The second kappa shape index (κ2) is 8.78. The molecule has 0 aliphatic carbocycles. The standard InChI is InChI=1S/C23H20ClFN2O3S/c24-20-14-17(10-11-21(20)25)26-23(28)15-22-19-9-5-4-6-16(19)12-13-27(22)31(29,30)18-7-2-1-3-8-18/h1-11,14,22H,12-13,15H2,(H,26,28)/t22-/m1/s1. The zero-order valence-electron chi connectivity index (χ0n) is 16.5. The molecule has 8 heteroatoms. The van der Waals surface area contributed by atoms with Gasteiger partial charge in [0.05, 0.1) is 16.0 Å². The normalized spacial score (nSPS) is 16.5. The fourth-order valence-electron chi connectivity index (χ4n) is 3.82. The van der Waals surface area contributed by atoms with Gasteiger partial charge < -0.3 is 5.32 Å². The van der Waals surface area contributed by atoms with Gasteiger partial charge in [0.1, 0.15) is 5.82 Å². The van der Waals surface area contributed by atoms with E-state index >= 15 is 0 Å².